The van der Waals surface area contributed by atoms with Gasteiger partial charge in [-0.15, -0.1) is 5.10 Å². The monoisotopic (exact) mass is 310 g/mol. The van der Waals surface area contributed by atoms with Gasteiger partial charge in [0.1, 0.15) is 0 Å². The van der Waals surface area contributed by atoms with Crippen molar-refractivity contribution in [2.45, 2.75) is 38.8 Å². The maximum absolute atomic E-state index is 4.44. The lowest BCUT2D eigenvalue weighted by Crippen LogP contribution is -2.58. The molecule has 0 aromatic carbocycles. The zero-order chi connectivity index (χ0) is 15.8. The minimum Gasteiger partial charge on any atom is -0.352 e. The van der Waals surface area contributed by atoms with Gasteiger partial charge in [-0.05, 0) is 44.9 Å². The maximum Gasteiger partial charge on any atom is 0.151 e. The van der Waals surface area contributed by atoms with E-state index < -0.39 is 0 Å². The maximum atomic E-state index is 4.44. The molecule has 0 amide bonds. The van der Waals surface area contributed by atoms with Crippen molar-refractivity contribution in [1.82, 2.24) is 25.1 Å². The van der Waals surface area contributed by atoms with Crippen LogP contribution in [0.5, 0.6) is 0 Å². The fourth-order valence-corrected chi connectivity index (χ4v) is 3.28. The molecule has 23 heavy (non-hydrogen) atoms. The number of aromatic nitrogens is 4. The fourth-order valence-electron chi connectivity index (χ4n) is 3.28. The standard InChI is InChI=1S/C17H22N6/c1-12-7-19-14(8-18-12)9-22(2)15-10-23(11-15)17-6-13-4-3-5-16(13)20-21-17/h6-8,15H,3-5,9-11H2,1-2H3. The number of hydrogen-bond donors (Lipinski definition) is 0. The highest BCUT2D eigenvalue weighted by atomic mass is 15.4. The predicted octanol–water partition coefficient (Wildman–Crippen LogP) is 1.38. The zero-order valence-corrected chi connectivity index (χ0v) is 13.7. The van der Waals surface area contributed by atoms with Gasteiger partial charge in [0.2, 0.25) is 0 Å². The van der Waals surface area contributed by atoms with E-state index in [-0.39, 0.29) is 0 Å². The Balaban J connectivity index is 1.34. The molecule has 2 aromatic rings. The van der Waals surface area contributed by atoms with Gasteiger partial charge in [0, 0.05) is 38.1 Å². The molecule has 1 saturated heterocycles. The van der Waals surface area contributed by atoms with Crippen LogP contribution in [0.1, 0.15) is 29.1 Å². The van der Waals surface area contributed by atoms with E-state index in [1.165, 1.54) is 17.7 Å². The van der Waals surface area contributed by atoms with Crippen molar-refractivity contribution in [3.05, 3.63) is 41.1 Å². The van der Waals surface area contributed by atoms with Crippen molar-refractivity contribution in [3.63, 3.8) is 0 Å². The summed E-state index contributed by atoms with van der Waals surface area (Å²) in [6, 6.07) is 2.77. The summed E-state index contributed by atoms with van der Waals surface area (Å²) in [5, 5.41) is 8.78. The smallest absolute Gasteiger partial charge is 0.151 e. The Morgan fingerprint density at radius 3 is 2.83 bits per heavy atom. The number of aryl methyl sites for hydroxylation is 3. The highest BCUT2D eigenvalue weighted by Gasteiger charge is 2.31. The molecule has 0 unspecified atom stereocenters. The fraction of sp³-hybridized carbons (Fsp3) is 0.529. The number of rotatable bonds is 4. The molecule has 6 nitrogen and oxygen atoms in total. The summed E-state index contributed by atoms with van der Waals surface area (Å²) in [5.74, 6) is 1.03. The third-order valence-corrected chi connectivity index (χ3v) is 4.86. The van der Waals surface area contributed by atoms with Crippen LogP contribution < -0.4 is 4.90 Å². The van der Waals surface area contributed by atoms with Crippen LogP contribution in [-0.4, -0.2) is 51.2 Å². The molecule has 3 heterocycles. The first-order valence-electron chi connectivity index (χ1n) is 8.27. The second-order valence-electron chi connectivity index (χ2n) is 6.65. The zero-order valence-electron chi connectivity index (χ0n) is 13.7. The summed E-state index contributed by atoms with van der Waals surface area (Å²) in [5.41, 5.74) is 4.57. The molecular weight excluding hydrogens is 288 g/mol. The largest absolute Gasteiger partial charge is 0.352 e. The summed E-state index contributed by atoms with van der Waals surface area (Å²) < 4.78 is 0. The third kappa shape index (κ3) is 2.91. The average Bonchev–Trinajstić information content (AvgIpc) is 2.96. The van der Waals surface area contributed by atoms with Gasteiger partial charge in [-0.2, -0.15) is 5.10 Å². The van der Waals surface area contributed by atoms with E-state index in [0.29, 0.717) is 6.04 Å². The van der Waals surface area contributed by atoms with Crippen molar-refractivity contribution >= 4 is 5.82 Å². The van der Waals surface area contributed by atoms with E-state index in [0.717, 1.165) is 49.7 Å². The third-order valence-electron chi connectivity index (χ3n) is 4.86. The minimum absolute atomic E-state index is 0.535. The second kappa shape index (κ2) is 5.85. The van der Waals surface area contributed by atoms with Crippen LogP contribution in [0, 0.1) is 6.92 Å². The summed E-state index contributed by atoms with van der Waals surface area (Å²) >= 11 is 0. The Morgan fingerprint density at radius 2 is 2.04 bits per heavy atom. The molecule has 4 rings (SSSR count). The Kier molecular flexibility index (Phi) is 3.69. The molecule has 1 aliphatic heterocycles. The lowest BCUT2D eigenvalue weighted by Gasteiger charge is -2.44. The highest BCUT2D eigenvalue weighted by molar-refractivity contribution is 5.45. The van der Waals surface area contributed by atoms with Crippen molar-refractivity contribution in [3.8, 4) is 0 Å². The average molecular weight is 310 g/mol. The first-order chi connectivity index (χ1) is 11.2. The number of hydrogen-bond acceptors (Lipinski definition) is 6. The van der Waals surface area contributed by atoms with E-state index in [1.54, 1.807) is 0 Å². The van der Waals surface area contributed by atoms with E-state index in [2.05, 4.69) is 43.1 Å². The summed E-state index contributed by atoms with van der Waals surface area (Å²) in [6.07, 6.45) is 7.16. The molecule has 0 saturated carbocycles. The lowest BCUT2D eigenvalue weighted by atomic mass is 10.1. The van der Waals surface area contributed by atoms with Crippen LogP contribution in [-0.2, 0) is 19.4 Å². The molecule has 1 aliphatic carbocycles. The SMILES string of the molecule is Cc1cnc(CN(C)C2CN(c3cc4c(nn3)CCC4)C2)cn1. The molecule has 1 fully saturated rings. The molecule has 0 atom stereocenters. The van der Waals surface area contributed by atoms with E-state index in [9.17, 15) is 0 Å². The van der Waals surface area contributed by atoms with Crippen molar-refractivity contribution < 1.29 is 0 Å². The molecule has 0 radical (unpaired) electrons. The molecule has 0 N–H and O–H groups in total. The Morgan fingerprint density at radius 1 is 1.17 bits per heavy atom. The molecule has 0 spiro atoms. The first-order valence-corrected chi connectivity index (χ1v) is 8.27. The quantitative estimate of drug-likeness (QED) is 0.850. The van der Waals surface area contributed by atoms with Crippen LogP contribution in [0.25, 0.3) is 0 Å². The van der Waals surface area contributed by atoms with E-state index in [4.69, 9.17) is 0 Å². The molecule has 2 aromatic heterocycles. The van der Waals surface area contributed by atoms with Crippen LogP contribution in [0.3, 0.4) is 0 Å². The van der Waals surface area contributed by atoms with E-state index >= 15 is 0 Å². The molecular formula is C17H22N6. The number of nitrogens with zero attached hydrogens (tertiary/aromatic N) is 6. The molecule has 2 aliphatic rings. The molecule has 0 bridgehead atoms. The van der Waals surface area contributed by atoms with Crippen LogP contribution >= 0.6 is 0 Å². The Bertz CT molecular complexity index is 693. The summed E-state index contributed by atoms with van der Waals surface area (Å²) in [6.45, 7) is 4.80. The van der Waals surface area contributed by atoms with Crippen LogP contribution in [0.15, 0.2) is 18.5 Å². The predicted molar refractivity (Wildman–Crippen MR) is 88.3 cm³/mol. The lowest BCUT2D eigenvalue weighted by molar-refractivity contribution is 0.194. The van der Waals surface area contributed by atoms with Gasteiger partial charge in [0.15, 0.2) is 5.82 Å². The van der Waals surface area contributed by atoms with Gasteiger partial charge in [0.25, 0.3) is 0 Å². The van der Waals surface area contributed by atoms with Crippen molar-refractivity contribution in [1.29, 1.82) is 0 Å². The van der Waals surface area contributed by atoms with Gasteiger partial charge in [-0.3, -0.25) is 14.9 Å². The summed E-state index contributed by atoms with van der Waals surface area (Å²) in [4.78, 5) is 13.4. The van der Waals surface area contributed by atoms with Gasteiger partial charge >= 0.3 is 0 Å². The Hall–Kier alpha value is -2.08. The minimum atomic E-state index is 0.535. The number of fused-ring (bicyclic) bond motifs is 1. The second-order valence-corrected chi connectivity index (χ2v) is 6.65. The van der Waals surface area contributed by atoms with Gasteiger partial charge < -0.3 is 4.90 Å². The van der Waals surface area contributed by atoms with Crippen molar-refractivity contribution in [2.24, 2.45) is 0 Å². The van der Waals surface area contributed by atoms with E-state index in [1.807, 2.05) is 19.3 Å². The van der Waals surface area contributed by atoms with Crippen molar-refractivity contribution in [2.75, 3.05) is 25.0 Å². The normalized spacial score (nSPS) is 17.4. The molecule has 120 valence electrons. The first kappa shape index (κ1) is 14.5. The summed E-state index contributed by atoms with van der Waals surface area (Å²) in [7, 11) is 2.15. The number of anilines is 1. The topological polar surface area (TPSA) is 58.0 Å². The van der Waals surface area contributed by atoms with Crippen LogP contribution in [0.4, 0.5) is 5.82 Å². The number of likely N-dealkylation sites (N-methyl/N-ethyl adjacent to an activating group) is 1. The van der Waals surface area contributed by atoms with Gasteiger partial charge in [0.05, 0.1) is 17.1 Å². The molecule has 6 heteroatoms. The van der Waals surface area contributed by atoms with Gasteiger partial charge in [-0.25, -0.2) is 0 Å². The highest BCUT2D eigenvalue weighted by Crippen LogP contribution is 2.26. The van der Waals surface area contributed by atoms with Gasteiger partial charge in [-0.1, -0.05) is 0 Å². The Labute approximate surface area is 136 Å². The van der Waals surface area contributed by atoms with Crippen LogP contribution in [0.2, 0.25) is 0 Å².